The van der Waals surface area contributed by atoms with E-state index in [-0.39, 0.29) is 11.6 Å². The zero-order valence-electron chi connectivity index (χ0n) is 21.5. The molecule has 0 amide bonds. The maximum absolute atomic E-state index is 15.3. The zero-order valence-corrected chi connectivity index (χ0v) is 21.5. The molecule has 0 spiro atoms. The Labute approximate surface area is 206 Å². The van der Waals surface area contributed by atoms with E-state index < -0.39 is 0 Å². The van der Waals surface area contributed by atoms with Crippen LogP contribution >= 0.6 is 0 Å². The molecule has 0 radical (unpaired) electrons. The van der Waals surface area contributed by atoms with Gasteiger partial charge in [-0.25, -0.2) is 4.39 Å². The second kappa shape index (κ2) is 13.5. The Kier molecular flexibility index (Phi) is 10.4. The molecule has 1 fully saturated rings. The lowest BCUT2D eigenvalue weighted by Crippen LogP contribution is -2.13. The maximum Gasteiger partial charge on any atom is 0.168 e. The highest BCUT2D eigenvalue weighted by Crippen LogP contribution is 2.41. The van der Waals surface area contributed by atoms with E-state index in [1.54, 1.807) is 0 Å². The number of ether oxygens (including phenoxy) is 1. The molecule has 2 aromatic rings. The smallest absolute Gasteiger partial charge is 0.168 e. The van der Waals surface area contributed by atoms with Crippen LogP contribution in [0.1, 0.15) is 114 Å². The molecule has 34 heavy (non-hydrogen) atoms. The van der Waals surface area contributed by atoms with E-state index in [2.05, 4.69) is 26.0 Å². The minimum atomic E-state index is -0.286. The van der Waals surface area contributed by atoms with E-state index in [1.165, 1.54) is 70.5 Å². The van der Waals surface area contributed by atoms with Crippen LogP contribution in [0.3, 0.4) is 0 Å². The molecule has 0 aliphatic heterocycles. The normalized spacial score (nSPS) is 18.0. The average Bonchev–Trinajstić information content (AvgIpc) is 2.87. The monoisotopic (exact) mass is 463 g/mol. The predicted molar refractivity (Wildman–Crippen MR) is 140 cm³/mol. The highest BCUT2D eigenvalue weighted by atomic mass is 19.1. The van der Waals surface area contributed by atoms with Crippen LogP contribution in [0.2, 0.25) is 0 Å². The lowest BCUT2D eigenvalue weighted by atomic mass is 9.76. The van der Waals surface area contributed by atoms with Gasteiger partial charge in [0.15, 0.2) is 11.6 Å². The fourth-order valence-electron chi connectivity index (χ4n) is 5.55. The van der Waals surface area contributed by atoms with E-state index in [4.69, 9.17) is 4.74 Å². The molecule has 0 N–H and O–H groups in total. The van der Waals surface area contributed by atoms with Gasteiger partial charge in [0.1, 0.15) is 0 Å². The van der Waals surface area contributed by atoms with E-state index in [0.29, 0.717) is 29.0 Å². The van der Waals surface area contributed by atoms with Gasteiger partial charge in [0.25, 0.3) is 0 Å². The molecule has 0 atom stereocenters. The second-order valence-electron chi connectivity index (χ2n) is 10.1. The molecule has 0 heterocycles. The van der Waals surface area contributed by atoms with Gasteiger partial charge >= 0.3 is 0 Å². The van der Waals surface area contributed by atoms with Gasteiger partial charge in [-0.05, 0) is 67.6 Å². The van der Waals surface area contributed by atoms with Gasteiger partial charge in [0.2, 0.25) is 0 Å². The van der Waals surface area contributed by atoms with Crippen LogP contribution in [-0.2, 0) is 6.42 Å². The van der Waals surface area contributed by atoms with Crippen LogP contribution in [-0.4, -0.2) is 7.11 Å². The number of nitriles is 1. The highest BCUT2D eigenvalue weighted by molar-refractivity contribution is 5.77. The number of aryl methyl sites for hydroxylation is 1. The summed E-state index contributed by atoms with van der Waals surface area (Å²) in [4.78, 5) is 0. The molecule has 3 heteroatoms. The predicted octanol–water partition coefficient (Wildman–Crippen LogP) is 9.35. The number of nitrogens with zero attached hydrogens (tertiary/aromatic N) is 1. The Morgan fingerprint density at radius 1 is 0.912 bits per heavy atom. The van der Waals surface area contributed by atoms with Crippen LogP contribution in [0.4, 0.5) is 4.39 Å². The number of hydrogen-bond acceptors (Lipinski definition) is 2. The summed E-state index contributed by atoms with van der Waals surface area (Å²) in [5.74, 6) is 1.36. The van der Waals surface area contributed by atoms with E-state index in [1.807, 2.05) is 24.3 Å². The Balaban J connectivity index is 1.76. The number of benzene rings is 2. The molecule has 2 aromatic carbocycles. The molecule has 0 saturated heterocycles. The third kappa shape index (κ3) is 6.62. The molecule has 1 saturated carbocycles. The van der Waals surface area contributed by atoms with Crippen molar-refractivity contribution >= 4 is 0 Å². The van der Waals surface area contributed by atoms with Gasteiger partial charge < -0.3 is 4.74 Å². The van der Waals surface area contributed by atoms with Gasteiger partial charge in [-0.15, -0.1) is 0 Å². The highest BCUT2D eigenvalue weighted by Gasteiger charge is 2.24. The number of unbranched alkanes of at least 4 members (excludes halogenated alkanes) is 5. The molecule has 1 aliphatic carbocycles. The van der Waals surface area contributed by atoms with Crippen molar-refractivity contribution in [3.05, 3.63) is 52.8 Å². The van der Waals surface area contributed by atoms with Crippen LogP contribution in [0, 0.1) is 23.1 Å². The van der Waals surface area contributed by atoms with Crippen LogP contribution in [0.15, 0.2) is 30.3 Å². The number of methoxy groups -OCH3 is 1. The van der Waals surface area contributed by atoms with Gasteiger partial charge in [0.05, 0.1) is 18.7 Å². The summed E-state index contributed by atoms with van der Waals surface area (Å²) in [6, 6.07) is 12.3. The van der Waals surface area contributed by atoms with Crippen molar-refractivity contribution in [2.24, 2.45) is 5.92 Å². The fourth-order valence-corrected chi connectivity index (χ4v) is 5.55. The Bertz CT molecular complexity index is 953. The van der Waals surface area contributed by atoms with Crippen molar-refractivity contribution in [2.45, 2.75) is 103 Å². The van der Waals surface area contributed by atoms with Gasteiger partial charge in [-0.1, -0.05) is 83.1 Å². The first-order chi connectivity index (χ1) is 16.6. The van der Waals surface area contributed by atoms with Crippen molar-refractivity contribution in [3.8, 4) is 22.9 Å². The third-order valence-corrected chi connectivity index (χ3v) is 7.67. The van der Waals surface area contributed by atoms with Crippen LogP contribution < -0.4 is 4.74 Å². The first-order valence-electron chi connectivity index (χ1n) is 13.5. The summed E-state index contributed by atoms with van der Waals surface area (Å²) in [6.07, 6.45) is 15.5. The van der Waals surface area contributed by atoms with Crippen LogP contribution in [0.25, 0.3) is 11.1 Å². The van der Waals surface area contributed by atoms with E-state index in [9.17, 15) is 5.26 Å². The summed E-state index contributed by atoms with van der Waals surface area (Å²) in [7, 11) is 1.52. The van der Waals surface area contributed by atoms with Crippen molar-refractivity contribution in [1.82, 2.24) is 0 Å². The molecular formula is C31H42FNO. The van der Waals surface area contributed by atoms with Gasteiger partial charge in [-0.2, -0.15) is 5.26 Å². The van der Waals surface area contributed by atoms with E-state index in [0.717, 1.165) is 30.7 Å². The Morgan fingerprint density at radius 3 is 2.29 bits per heavy atom. The van der Waals surface area contributed by atoms with Crippen molar-refractivity contribution in [2.75, 3.05) is 7.11 Å². The van der Waals surface area contributed by atoms with E-state index >= 15 is 4.39 Å². The number of rotatable bonds is 12. The molecule has 2 nitrogen and oxygen atoms in total. The lowest BCUT2D eigenvalue weighted by molar-refractivity contribution is 0.303. The molecule has 0 bridgehead atoms. The van der Waals surface area contributed by atoms with Gasteiger partial charge in [-0.3, -0.25) is 0 Å². The minimum Gasteiger partial charge on any atom is -0.493 e. The summed E-state index contributed by atoms with van der Waals surface area (Å²) >= 11 is 0. The molecule has 3 rings (SSSR count). The first-order valence-corrected chi connectivity index (χ1v) is 13.5. The minimum absolute atomic E-state index is 0.254. The molecule has 0 unspecified atom stereocenters. The summed E-state index contributed by atoms with van der Waals surface area (Å²) < 4.78 is 20.8. The summed E-state index contributed by atoms with van der Waals surface area (Å²) in [5.41, 5.74) is 3.98. The third-order valence-electron chi connectivity index (χ3n) is 7.67. The summed E-state index contributed by atoms with van der Waals surface area (Å²) in [5, 5.41) is 9.93. The molecule has 184 valence electrons. The van der Waals surface area contributed by atoms with Crippen molar-refractivity contribution in [1.29, 1.82) is 5.26 Å². The quantitative estimate of drug-likeness (QED) is 0.294. The van der Waals surface area contributed by atoms with Crippen molar-refractivity contribution in [3.63, 3.8) is 0 Å². The maximum atomic E-state index is 15.3. The number of hydrogen-bond donors (Lipinski definition) is 0. The fraction of sp³-hybridized carbons (Fsp3) is 0.581. The largest absolute Gasteiger partial charge is 0.493 e. The Morgan fingerprint density at radius 2 is 1.62 bits per heavy atom. The number of halogens is 1. The average molecular weight is 464 g/mol. The van der Waals surface area contributed by atoms with Gasteiger partial charge in [0, 0.05) is 11.1 Å². The molecule has 1 aliphatic rings. The standard InChI is InChI=1S/C31H42FNO/c1-4-6-8-10-12-25-17-20-29(31(34-3)30(25)32)28-19-18-26(21-27(28)22-33)24-15-13-23(14-16-24)11-9-7-5-2/h17-21,23-24H,4-16H2,1-3H3. The Hall–Kier alpha value is -2.34. The zero-order chi connectivity index (χ0) is 24.3. The molecule has 0 aromatic heterocycles. The lowest BCUT2D eigenvalue weighted by Gasteiger charge is -2.29. The second-order valence-corrected chi connectivity index (χ2v) is 10.1. The van der Waals surface area contributed by atoms with Crippen LogP contribution in [0.5, 0.6) is 5.75 Å². The topological polar surface area (TPSA) is 33.0 Å². The van der Waals surface area contributed by atoms with Crippen molar-refractivity contribution < 1.29 is 9.13 Å². The first kappa shape index (κ1) is 26.3. The molecular weight excluding hydrogens is 421 g/mol. The SMILES string of the molecule is CCCCCCc1ccc(-c2ccc(C3CCC(CCCCC)CC3)cc2C#N)c(OC)c1F. The summed E-state index contributed by atoms with van der Waals surface area (Å²) in [6.45, 7) is 4.44.